The number of benzene rings is 1. The lowest BCUT2D eigenvalue weighted by atomic mass is 10.1. The van der Waals surface area contributed by atoms with E-state index in [0.29, 0.717) is 25.9 Å². The Kier molecular flexibility index (Phi) is 3.42. The van der Waals surface area contributed by atoms with Crippen molar-refractivity contribution in [3.05, 3.63) is 35.4 Å². The molecule has 1 aromatic carbocycles. The minimum Gasteiger partial charge on any atom is -0.411 e. The molecule has 1 aromatic rings. The summed E-state index contributed by atoms with van der Waals surface area (Å²) < 4.78 is 0. The van der Waals surface area contributed by atoms with Crippen molar-refractivity contribution >= 4 is 11.6 Å². The Morgan fingerprint density at radius 2 is 1.82 bits per heavy atom. The Bertz CT molecular complexity index is 427. The van der Waals surface area contributed by atoms with Crippen molar-refractivity contribution < 1.29 is 10.0 Å². The summed E-state index contributed by atoms with van der Waals surface area (Å²) in [5.74, 6) is 0.0574. The molecule has 1 fully saturated rings. The third-order valence-corrected chi connectivity index (χ3v) is 3.07. The fraction of sp³-hybridized carbons (Fsp3) is 0.385. The summed E-state index contributed by atoms with van der Waals surface area (Å²) in [5.41, 5.74) is 2.65. The zero-order chi connectivity index (χ0) is 12.3. The van der Waals surface area contributed by atoms with E-state index < -0.39 is 0 Å². The van der Waals surface area contributed by atoms with Crippen LogP contribution in [0.4, 0.5) is 0 Å². The zero-order valence-corrected chi connectivity index (χ0v) is 9.89. The van der Waals surface area contributed by atoms with Crippen molar-refractivity contribution in [1.29, 1.82) is 0 Å². The number of piperidine rings is 1. The van der Waals surface area contributed by atoms with Crippen LogP contribution in [0, 0.1) is 6.92 Å². The average molecular weight is 232 g/mol. The van der Waals surface area contributed by atoms with Crippen LogP contribution in [0.3, 0.4) is 0 Å². The molecule has 4 heteroatoms. The predicted molar refractivity (Wildman–Crippen MR) is 65.5 cm³/mol. The lowest BCUT2D eigenvalue weighted by Crippen LogP contribution is -2.38. The van der Waals surface area contributed by atoms with Gasteiger partial charge in [-0.3, -0.25) is 4.79 Å². The van der Waals surface area contributed by atoms with E-state index in [1.807, 2.05) is 31.2 Å². The van der Waals surface area contributed by atoms with Gasteiger partial charge < -0.3 is 10.1 Å². The van der Waals surface area contributed by atoms with Gasteiger partial charge in [0, 0.05) is 31.5 Å². The standard InChI is InChI=1S/C13H16N2O2/c1-10-2-4-11(5-3-10)13(16)15-8-6-12(14-17)7-9-15/h2-5,17H,6-9H2,1H3. The Morgan fingerprint density at radius 3 is 2.35 bits per heavy atom. The van der Waals surface area contributed by atoms with Crippen molar-refractivity contribution in [2.75, 3.05) is 13.1 Å². The second-order valence-electron chi connectivity index (χ2n) is 4.32. The minimum absolute atomic E-state index is 0.0574. The van der Waals surface area contributed by atoms with Crippen LogP contribution < -0.4 is 0 Å². The van der Waals surface area contributed by atoms with Crippen LogP contribution in [0.1, 0.15) is 28.8 Å². The van der Waals surface area contributed by atoms with E-state index >= 15 is 0 Å². The number of rotatable bonds is 1. The molecule has 0 radical (unpaired) electrons. The summed E-state index contributed by atoms with van der Waals surface area (Å²) in [6.07, 6.45) is 1.32. The molecule has 0 aliphatic carbocycles. The molecule has 1 saturated heterocycles. The lowest BCUT2D eigenvalue weighted by Gasteiger charge is -2.27. The van der Waals surface area contributed by atoms with Crippen LogP contribution in [-0.4, -0.2) is 34.8 Å². The molecule has 1 aliphatic heterocycles. The molecule has 90 valence electrons. The van der Waals surface area contributed by atoms with E-state index in [1.54, 1.807) is 4.90 Å². The number of aryl methyl sites for hydroxylation is 1. The molecule has 17 heavy (non-hydrogen) atoms. The van der Waals surface area contributed by atoms with Gasteiger partial charge in [0.2, 0.25) is 0 Å². The molecule has 1 aliphatic rings. The summed E-state index contributed by atoms with van der Waals surface area (Å²) in [4.78, 5) is 13.9. The summed E-state index contributed by atoms with van der Waals surface area (Å²) >= 11 is 0. The SMILES string of the molecule is Cc1ccc(C(=O)N2CCC(=NO)CC2)cc1. The van der Waals surface area contributed by atoms with Gasteiger partial charge in [-0.25, -0.2) is 0 Å². The molecule has 0 bridgehead atoms. The van der Waals surface area contributed by atoms with Gasteiger partial charge in [0.15, 0.2) is 0 Å². The molecule has 2 rings (SSSR count). The maximum Gasteiger partial charge on any atom is 0.253 e. The summed E-state index contributed by atoms with van der Waals surface area (Å²) in [6, 6.07) is 7.59. The first-order valence-electron chi connectivity index (χ1n) is 5.76. The van der Waals surface area contributed by atoms with E-state index in [-0.39, 0.29) is 5.91 Å². The summed E-state index contributed by atoms with van der Waals surface area (Å²) in [5, 5.41) is 11.9. The Hall–Kier alpha value is -1.84. The fourth-order valence-corrected chi connectivity index (χ4v) is 1.95. The Balaban J connectivity index is 2.04. The topological polar surface area (TPSA) is 52.9 Å². The molecule has 0 unspecified atom stereocenters. The van der Waals surface area contributed by atoms with Gasteiger partial charge in [-0.05, 0) is 19.1 Å². The van der Waals surface area contributed by atoms with Crippen molar-refractivity contribution in [2.45, 2.75) is 19.8 Å². The zero-order valence-electron chi connectivity index (χ0n) is 9.89. The predicted octanol–water partition coefficient (Wildman–Crippen LogP) is 2.06. The molecule has 1 N–H and O–H groups in total. The Labute approximate surface area is 101 Å². The fourth-order valence-electron chi connectivity index (χ4n) is 1.95. The highest BCUT2D eigenvalue weighted by molar-refractivity contribution is 5.96. The number of hydrogen-bond donors (Lipinski definition) is 1. The van der Waals surface area contributed by atoms with Crippen LogP contribution in [0.5, 0.6) is 0 Å². The van der Waals surface area contributed by atoms with Gasteiger partial charge in [0.05, 0.1) is 5.71 Å². The smallest absolute Gasteiger partial charge is 0.253 e. The molecular weight excluding hydrogens is 216 g/mol. The number of hydrogen-bond acceptors (Lipinski definition) is 3. The van der Waals surface area contributed by atoms with Crippen LogP contribution in [0.15, 0.2) is 29.4 Å². The molecule has 0 atom stereocenters. The highest BCUT2D eigenvalue weighted by atomic mass is 16.4. The van der Waals surface area contributed by atoms with E-state index in [9.17, 15) is 4.79 Å². The van der Waals surface area contributed by atoms with Crippen LogP contribution in [0.25, 0.3) is 0 Å². The molecule has 0 saturated carbocycles. The van der Waals surface area contributed by atoms with Gasteiger partial charge in [-0.2, -0.15) is 0 Å². The monoisotopic (exact) mass is 232 g/mol. The van der Waals surface area contributed by atoms with Crippen LogP contribution in [-0.2, 0) is 0 Å². The second-order valence-corrected chi connectivity index (χ2v) is 4.32. The second kappa shape index (κ2) is 4.99. The Morgan fingerprint density at radius 1 is 1.24 bits per heavy atom. The number of nitrogens with zero attached hydrogens (tertiary/aromatic N) is 2. The first kappa shape index (κ1) is 11.6. The average Bonchev–Trinajstić information content (AvgIpc) is 2.39. The van der Waals surface area contributed by atoms with Gasteiger partial charge in [-0.15, -0.1) is 0 Å². The van der Waals surface area contributed by atoms with Crippen molar-refractivity contribution in [3.63, 3.8) is 0 Å². The minimum atomic E-state index is 0.0574. The maximum atomic E-state index is 12.1. The number of carbonyl (C=O) groups is 1. The van der Waals surface area contributed by atoms with Crippen molar-refractivity contribution in [3.8, 4) is 0 Å². The van der Waals surface area contributed by atoms with E-state index in [0.717, 1.165) is 16.8 Å². The lowest BCUT2D eigenvalue weighted by molar-refractivity contribution is 0.0753. The van der Waals surface area contributed by atoms with Gasteiger partial charge in [0.25, 0.3) is 5.91 Å². The quantitative estimate of drug-likeness (QED) is 0.595. The number of likely N-dealkylation sites (tertiary alicyclic amines) is 1. The van der Waals surface area contributed by atoms with Gasteiger partial charge in [-0.1, -0.05) is 22.9 Å². The number of amides is 1. The first-order chi connectivity index (χ1) is 8.20. The van der Waals surface area contributed by atoms with Crippen molar-refractivity contribution in [1.82, 2.24) is 4.90 Å². The first-order valence-corrected chi connectivity index (χ1v) is 5.76. The molecule has 1 heterocycles. The molecular formula is C13H16N2O2. The van der Waals surface area contributed by atoms with E-state index in [4.69, 9.17) is 5.21 Å². The summed E-state index contributed by atoms with van der Waals surface area (Å²) in [6.45, 7) is 3.26. The van der Waals surface area contributed by atoms with E-state index in [2.05, 4.69) is 5.16 Å². The van der Waals surface area contributed by atoms with Crippen molar-refractivity contribution in [2.24, 2.45) is 5.16 Å². The van der Waals surface area contributed by atoms with Gasteiger partial charge in [0.1, 0.15) is 0 Å². The number of oxime groups is 1. The molecule has 0 aromatic heterocycles. The molecule has 1 amide bonds. The van der Waals surface area contributed by atoms with Gasteiger partial charge >= 0.3 is 0 Å². The third-order valence-electron chi connectivity index (χ3n) is 3.07. The highest BCUT2D eigenvalue weighted by Gasteiger charge is 2.20. The van der Waals surface area contributed by atoms with Crippen LogP contribution in [0.2, 0.25) is 0 Å². The van der Waals surface area contributed by atoms with E-state index in [1.165, 1.54) is 0 Å². The number of carbonyl (C=O) groups excluding carboxylic acids is 1. The highest BCUT2D eigenvalue weighted by Crippen LogP contribution is 2.12. The van der Waals surface area contributed by atoms with Crippen LogP contribution >= 0.6 is 0 Å². The molecule has 0 spiro atoms. The third kappa shape index (κ3) is 2.64. The largest absolute Gasteiger partial charge is 0.411 e. The maximum absolute atomic E-state index is 12.1. The molecule has 4 nitrogen and oxygen atoms in total. The summed E-state index contributed by atoms with van der Waals surface area (Å²) in [7, 11) is 0. The normalized spacial score (nSPS) is 15.8.